The van der Waals surface area contributed by atoms with Gasteiger partial charge in [-0.1, -0.05) is 17.7 Å². The standard InChI is InChI=1S/C22H25N5O2/c1-16-2-4-19(5-3-16)27-21(28)14-20(25-27)22(29)24-18-8-12-26(13-9-18)15-17-6-10-23-11-7-17/h2-7,10-11,14,18,25H,8-9,12-13,15H2,1H3,(H,24,29). The molecule has 3 heterocycles. The Morgan fingerprint density at radius 2 is 1.83 bits per heavy atom. The third-order valence-corrected chi connectivity index (χ3v) is 5.34. The SMILES string of the molecule is Cc1ccc(-n2[nH]c(C(=O)NC3CCN(Cc4ccncc4)CC3)cc2=O)cc1. The molecule has 7 heteroatoms. The summed E-state index contributed by atoms with van der Waals surface area (Å²) < 4.78 is 1.39. The maximum Gasteiger partial charge on any atom is 0.271 e. The first-order valence-electron chi connectivity index (χ1n) is 9.90. The molecule has 0 saturated carbocycles. The van der Waals surface area contributed by atoms with Crippen LogP contribution in [0.15, 0.2) is 59.7 Å². The second-order valence-corrected chi connectivity index (χ2v) is 7.56. The lowest BCUT2D eigenvalue weighted by molar-refractivity contribution is 0.0903. The van der Waals surface area contributed by atoms with E-state index in [1.165, 1.54) is 16.3 Å². The van der Waals surface area contributed by atoms with E-state index in [0.717, 1.165) is 38.0 Å². The van der Waals surface area contributed by atoms with Gasteiger partial charge in [0.25, 0.3) is 11.5 Å². The second kappa shape index (κ2) is 8.45. The van der Waals surface area contributed by atoms with Crippen molar-refractivity contribution in [1.29, 1.82) is 0 Å². The molecule has 1 aromatic carbocycles. The molecular formula is C22H25N5O2. The molecule has 7 nitrogen and oxygen atoms in total. The molecule has 2 aromatic heterocycles. The van der Waals surface area contributed by atoms with Crippen molar-refractivity contribution >= 4 is 5.91 Å². The van der Waals surface area contributed by atoms with Crippen molar-refractivity contribution in [2.45, 2.75) is 32.4 Å². The summed E-state index contributed by atoms with van der Waals surface area (Å²) in [4.78, 5) is 31.3. The summed E-state index contributed by atoms with van der Waals surface area (Å²) in [6.07, 6.45) is 5.40. The van der Waals surface area contributed by atoms with Crippen molar-refractivity contribution in [2.75, 3.05) is 13.1 Å². The molecule has 1 aliphatic rings. The maximum atomic E-state index is 12.6. The largest absolute Gasteiger partial charge is 0.348 e. The molecule has 1 amide bonds. The fourth-order valence-corrected chi connectivity index (χ4v) is 3.64. The summed E-state index contributed by atoms with van der Waals surface area (Å²) >= 11 is 0. The minimum atomic E-state index is -0.244. The van der Waals surface area contributed by atoms with Crippen LogP contribution in [0.4, 0.5) is 0 Å². The number of carbonyl (C=O) groups is 1. The van der Waals surface area contributed by atoms with E-state index in [-0.39, 0.29) is 23.2 Å². The predicted molar refractivity (Wildman–Crippen MR) is 111 cm³/mol. The quantitative estimate of drug-likeness (QED) is 0.699. The Morgan fingerprint density at radius 1 is 1.14 bits per heavy atom. The average Bonchev–Trinajstić information content (AvgIpc) is 3.13. The van der Waals surface area contributed by atoms with Gasteiger partial charge in [-0.15, -0.1) is 0 Å². The molecule has 0 spiro atoms. The number of aromatic amines is 1. The number of nitrogens with zero attached hydrogens (tertiary/aromatic N) is 3. The van der Waals surface area contributed by atoms with Gasteiger partial charge in [0.05, 0.1) is 5.69 Å². The van der Waals surface area contributed by atoms with Gasteiger partial charge in [-0.05, 0) is 49.6 Å². The van der Waals surface area contributed by atoms with Crippen LogP contribution in [-0.2, 0) is 6.54 Å². The summed E-state index contributed by atoms with van der Waals surface area (Å²) in [7, 11) is 0. The highest BCUT2D eigenvalue weighted by Gasteiger charge is 2.22. The number of amides is 1. The molecule has 4 rings (SSSR count). The van der Waals surface area contributed by atoms with Crippen molar-refractivity contribution in [3.8, 4) is 5.69 Å². The molecule has 0 bridgehead atoms. The Labute approximate surface area is 169 Å². The van der Waals surface area contributed by atoms with E-state index < -0.39 is 0 Å². The van der Waals surface area contributed by atoms with E-state index in [2.05, 4.69) is 20.3 Å². The van der Waals surface area contributed by atoms with Crippen LogP contribution in [0.25, 0.3) is 5.69 Å². The highest BCUT2D eigenvalue weighted by molar-refractivity contribution is 5.92. The summed E-state index contributed by atoms with van der Waals surface area (Å²) in [6, 6.07) is 13.1. The number of piperidine rings is 1. The first kappa shape index (κ1) is 19.1. The Kier molecular flexibility index (Phi) is 5.57. The zero-order valence-corrected chi connectivity index (χ0v) is 16.5. The zero-order chi connectivity index (χ0) is 20.2. The zero-order valence-electron chi connectivity index (χ0n) is 16.5. The molecule has 1 aliphatic heterocycles. The minimum Gasteiger partial charge on any atom is -0.348 e. The highest BCUT2D eigenvalue weighted by Crippen LogP contribution is 2.14. The lowest BCUT2D eigenvalue weighted by atomic mass is 10.0. The lowest BCUT2D eigenvalue weighted by Crippen LogP contribution is -2.44. The van der Waals surface area contributed by atoms with E-state index in [9.17, 15) is 9.59 Å². The number of carbonyl (C=O) groups excluding carboxylic acids is 1. The van der Waals surface area contributed by atoms with Crippen LogP contribution < -0.4 is 10.9 Å². The van der Waals surface area contributed by atoms with E-state index >= 15 is 0 Å². The van der Waals surface area contributed by atoms with Crippen LogP contribution in [0, 0.1) is 6.92 Å². The van der Waals surface area contributed by atoms with Crippen molar-refractivity contribution in [3.05, 3.63) is 82.0 Å². The molecule has 2 N–H and O–H groups in total. The number of pyridine rings is 1. The minimum absolute atomic E-state index is 0.113. The molecule has 1 fully saturated rings. The van der Waals surface area contributed by atoms with Gasteiger partial charge < -0.3 is 5.32 Å². The smallest absolute Gasteiger partial charge is 0.271 e. The van der Waals surface area contributed by atoms with Crippen molar-refractivity contribution < 1.29 is 4.79 Å². The number of hydrogen-bond acceptors (Lipinski definition) is 4. The second-order valence-electron chi connectivity index (χ2n) is 7.56. The average molecular weight is 391 g/mol. The van der Waals surface area contributed by atoms with Crippen molar-refractivity contribution in [2.24, 2.45) is 0 Å². The fourth-order valence-electron chi connectivity index (χ4n) is 3.64. The third-order valence-electron chi connectivity index (χ3n) is 5.34. The van der Waals surface area contributed by atoms with Crippen LogP contribution >= 0.6 is 0 Å². The number of aromatic nitrogens is 3. The van der Waals surface area contributed by atoms with Crippen LogP contribution in [0.3, 0.4) is 0 Å². The fraction of sp³-hybridized carbons (Fsp3) is 0.318. The van der Waals surface area contributed by atoms with Gasteiger partial charge >= 0.3 is 0 Å². The molecule has 3 aromatic rings. The molecule has 0 unspecified atom stereocenters. The van der Waals surface area contributed by atoms with Crippen molar-refractivity contribution in [3.63, 3.8) is 0 Å². The number of aryl methyl sites for hydroxylation is 1. The van der Waals surface area contributed by atoms with Gasteiger partial charge in [0.2, 0.25) is 0 Å². The number of rotatable bonds is 5. The molecule has 1 saturated heterocycles. The van der Waals surface area contributed by atoms with Crippen molar-refractivity contribution in [1.82, 2.24) is 25.0 Å². The summed E-state index contributed by atoms with van der Waals surface area (Å²) in [5.41, 5.74) is 3.11. The topological polar surface area (TPSA) is 83.0 Å². The van der Waals surface area contributed by atoms with Crippen LogP contribution in [0.5, 0.6) is 0 Å². The Balaban J connectivity index is 1.34. The molecule has 150 valence electrons. The molecule has 0 atom stereocenters. The number of likely N-dealkylation sites (tertiary alicyclic amines) is 1. The third kappa shape index (κ3) is 4.63. The Bertz CT molecular complexity index is 1020. The Hall–Kier alpha value is -3.19. The summed E-state index contributed by atoms with van der Waals surface area (Å²) in [6.45, 7) is 4.74. The van der Waals surface area contributed by atoms with Gasteiger partial charge in [0.1, 0.15) is 5.69 Å². The van der Waals surface area contributed by atoms with E-state index in [4.69, 9.17) is 0 Å². The number of H-pyrrole nitrogens is 1. The highest BCUT2D eigenvalue weighted by atomic mass is 16.2. The van der Waals surface area contributed by atoms with E-state index in [1.54, 1.807) is 0 Å². The molecule has 29 heavy (non-hydrogen) atoms. The normalized spacial score (nSPS) is 15.3. The van der Waals surface area contributed by atoms with Crippen LogP contribution in [0.1, 0.15) is 34.5 Å². The monoisotopic (exact) mass is 391 g/mol. The number of benzene rings is 1. The number of hydrogen-bond donors (Lipinski definition) is 2. The van der Waals surface area contributed by atoms with Crippen LogP contribution in [0.2, 0.25) is 0 Å². The van der Waals surface area contributed by atoms with E-state index in [0.29, 0.717) is 5.69 Å². The number of nitrogens with one attached hydrogen (secondary N) is 2. The molecule has 0 aliphatic carbocycles. The maximum absolute atomic E-state index is 12.6. The van der Waals surface area contributed by atoms with Gasteiger partial charge in [-0.25, -0.2) is 4.68 Å². The lowest BCUT2D eigenvalue weighted by Gasteiger charge is -2.32. The van der Waals surface area contributed by atoms with Gasteiger partial charge in [0, 0.05) is 44.1 Å². The van der Waals surface area contributed by atoms with Crippen LogP contribution in [-0.4, -0.2) is 44.7 Å². The first-order valence-corrected chi connectivity index (χ1v) is 9.90. The Morgan fingerprint density at radius 3 is 2.52 bits per heavy atom. The summed E-state index contributed by atoms with van der Waals surface area (Å²) in [5, 5.41) is 5.99. The predicted octanol–water partition coefficient (Wildman–Crippen LogP) is 2.26. The van der Waals surface area contributed by atoms with Gasteiger partial charge in [-0.2, -0.15) is 0 Å². The summed E-state index contributed by atoms with van der Waals surface area (Å²) in [5.74, 6) is -0.236. The molecule has 0 radical (unpaired) electrons. The first-order chi connectivity index (χ1) is 14.1. The van der Waals surface area contributed by atoms with Gasteiger partial charge in [-0.3, -0.25) is 24.6 Å². The van der Waals surface area contributed by atoms with Gasteiger partial charge in [0.15, 0.2) is 0 Å². The molecular weight excluding hydrogens is 366 g/mol. The van der Waals surface area contributed by atoms with E-state index in [1.807, 2.05) is 55.7 Å².